The lowest BCUT2D eigenvalue weighted by Gasteiger charge is -2.35. The molecular weight excluding hydrogens is 387 g/mol. The Kier molecular flexibility index (Phi) is 6.11. The van der Waals surface area contributed by atoms with Gasteiger partial charge in [-0.15, -0.1) is 0 Å². The maximum atomic E-state index is 13.7. The van der Waals surface area contributed by atoms with Crippen LogP contribution in [0.5, 0.6) is 0 Å². The molecule has 1 heterocycles. The van der Waals surface area contributed by atoms with Gasteiger partial charge in [0.25, 0.3) is 11.6 Å². The van der Waals surface area contributed by atoms with Crippen molar-refractivity contribution in [2.45, 2.75) is 13.0 Å². The quantitative estimate of drug-likeness (QED) is 0.587. The maximum Gasteiger partial charge on any atom is 0.294 e. The van der Waals surface area contributed by atoms with E-state index in [0.717, 1.165) is 4.90 Å². The molecule has 2 aromatic carbocycles. The number of hydrogen-bond donors (Lipinski definition) is 2. The number of quaternary nitrogens is 1. The Morgan fingerprint density at radius 1 is 1.29 bits per heavy atom. The first-order valence-electron chi connectivity index (χ1n) is 8.95. The van der Waals surface area contributed by atoms with E-state index in [-0.39, 0.29) is 23.3 Å². The van der Waals surface area contributed by atoms with Crippen molar-refractivity contribution in [2.24, 2.45) is 0 Å². The van der Waals surface area contributed by atoms with Gasteiger partial charge in [0.2, 0.25) is 0 Å². The Morgan fingerprint density at radius 2 is 1.96 bits per heavy atom. The van der Waals surface area contributed by atoms with Crippen LogP contribution in [-0.4, -0.2) is 43.1 Å². The fraction of sp³-hybridized carbons (Fsp3) is 0.316. The highest BCUT2D eigenvalue weighted by atomic mass is 35.5. The summed E-state index contributed by atoms with van der Waals surface area (Å²) >= 11 is 5.88. The molecule has 1 amide bonds. The average Bonchev–Trinajstić information content (AvgIpc) is 2.69. The molecule has 1 saturated heterocycles. The summed E-state index contributed by atoms with van der Waals surface area (Å²) in [4.78, 5) is 26.3. The van der Waals surface area contributed by atoms with Gasteiger partial charge in [-0.2, -0.15) is 0 Å². The fourth-order valence-corrected chi connectivity index (χ4v) is 3.53. The van der Waals surface area contributed by atoms with Crippen molar-refractivity contribution in [3.8, 4) is 0 Å². The number of carbonyl (C=O) groups is 1. The first-order chi connectivity index (χ1) is 13.4. The van der Waals surface area contributed by atoms with Crippen molar-refractivity contribution in [3.63, 3.8) is 0 Å². The summed E-state index contributed by atoms with van der Waals surface area (Å²) in [6.07, 6.45) is 0. The van der Waals surface area contributed by atoms with E-state index in [0.29, 0.717) is 36.9 Å². The topological polar surface area (TPSA) is 79.9 Å². The lowest BCUT2D eigenvalue weighted by atomic mass is 10.1. The third kappa shape index (κ3) is 4.40. The fourth-order valence-electron chi connectivity index (χ4n) is 3.37. The predicted octanol–water partition coefficient (Wildman–Crippen LogP) is 2.12. The summed E-state index contributed by atoms with van der Waals surface area (Å²) in [7, 11) is 0. The van der Waals surface area contributed by atoms with Crippen LogP contribution in [0.4, 0.5) is 21.5 Å². The molecule has 0 aromatic heterocycles. The molecule has 0 bridgehead atoms. The molecule has 2 N–H and O–H groups in total. The second kappa shape index (κ2) is 8.53. The van der Waals surface area contributed by atoms with Crippen LogP contribution in [0.2, 0.25) is 5.02 Å². The summed E-state index contributed by atoms with van der Waals surface area (Å²) in [5.74, 6) is -0.732. The monoisotopic (exact) mass is 407 g/mol. The lowest BCUT2D eigenvalue weighted by Crippen LogP contribution is -3.19. The highest BCUT2D eigenvalue weighted by Crippen LogP contribution is 2.30. The zero-order valence-electron chi connectivity index (χ0n) is 15.3. The molecule has 0 saturated carbocycles. The van der Waals surface area contributed by atoms with Crippen LogP contribution in [0.15, 0.2) is 42.5 Å². The maximum absolute atomic E-state index is 13.7. The number of carbonyl (C=O) groups excluding carboxylic acids is 1. The second-order valence-corrected chi connectivity index (χ2v) is 7.16. The molecule has 7 nitrogen and oxygen atoms in total. The summed E-state index contributed by atoms with van der Waals surface area (Å²) in [6, 6.07) is 10.3. The van der Waals surface area contributed by atoms with Crippen LogP contribution in [0, 0.1) is 15.9 Å². The van der Waals surface area contributed by atoms with Gasteiger partial charge < -0.3 is 15.1 Å². The minimum absolute atomic E-state index is 0.0266. The molecule has 28 heavy (non-hydrogen) atoms. The molecule has 1 aliphatic heterocycles. The largest absolute Gasteiger partial charge is 0.355 e. The Bertz CT molecular complexity index is 887. The SMILES string of the molecule is C[C@@H](C(=O)Nc1ccccc1F)[NH+]1CCN(c2ccc(Cl)cc2[N+](=O)[O-])CC1. The van der Waals surface area contributed by atoms with E-state index in [9.17, 15) is 19.3 Å². The van der Waals surface area contributed by atoms with Gasteiger partial charge in [-0.05, 0) is 31.2 Å². The molecule has 0 aliphatic carbocycles. The normalized spacial score (nSPS) is 15.9. The summed E-state index contributed by atoms with van der Waals surface area (Å²) in [5, 5.41) is 14.3. The Balaban J connectivity index is 1.63. The van der Waals surface area contributed by atoms with E-state index in [2.05, 4.69) is 5.32 Å². The summed E-state index contributed by atoms with van der Waals surface area (Å²) < 4.78 is 13.7. The van der Waals surface area contributed by atoms with E-state index in [1.54, 1.807) is 31.2 Å². The smallest absolute Gasteiger partial charge is 0.294 e. The first-order valence-corrected chi connectivity index (χ1v) is 9.33. The number of benzene rings is 2. The molecule has 3 rings (SSSR count). The van der Waals surface area contributed by atoms with Gasteiger partial charge in [0, 0.05) is 11.1 Å². The molecule has 0 unspecified atom stereocenters. The van der Waals surface area contributed by atoms with Gasteiger partial charge in [0.15, 0.2) is 6.04 Å². The molecule has 9 heteroatoms. The van der Waals surface area contributed by atoms with Crippen LogP contribution in [0.25, 0.3) is 0 Å². The highest BCUT2D eigenvalue weighted by Gasteiger charge is 2.31. The molecule has 2 aromatic rings. The molecule has 0 spiro atoms. The van der Waals surface area contributed by atoms with Gasteiger partial charge in [0.1, 0.15) is 11.5 Å². The van der Waals surface area contributed by atoms with Crippen LogP contribution < -0.4 is 15.1 Å². The van der Waals surface area contributed by atoms with Crippen molar-refractivity contribution in [1.29, 1.82) is 0 Å². The van der Waals surface area contributed by atoms with Crippen LogP contribution in [0.3, 0.4) is 0 Å². The Labute approximate surface area is 166 Å². The first kappa shape index (κ1) is 20.0. The lowest BCUT2D eigenvalue weighted by molar-refractivity contribution is -0.914. The number of nitro benzene ring substituents is 1. The Morgan fingerprint density at radius 3 is 2.61 bits per heavy atom. The van der Waals surface area contributed by atoms with Gasteiger partial charge >= 0.3 is 0 Å². The molecule has 1 fully saturated rings. The second-order valence-electron chi connectivity index (χ2n) is 6.73. The van der Waals surface area contributed by atoms with Crippen molar-refractivity contribution in [1.82, 2.24) is 0 Å². The van der Waals surface area contributed by atoms with Crippen molar-refractivity contribution < 1.29 is 19.0 Å². The number of nitrogens with zero attached hydrogens (tertiary/aromatic N) is 2. The van der Waals surface area contributed by atoms with Gasteiger partial charge in [0.05, 0.1) is 36.8 Å². The van der Waals surface area contributed by atoms with E-state index in [1.165, 1.54) is 18.2 Å². The molecule has 1 aliphatic rings. The number of hydrogen-bond acceptors (Lipinski definition) is 4. The minimum atomic E-state index is -0.474. The van der Waals surface area contributed by atoms with Crippen LogP contribution >= 0.6 is 11.6 Å². The predicted molar refractivity (Wildman–Crippen MR) is 106 cm³/mol. The van der Waals surface area contributed by atoms with E-state index in [4.69, 9.17) is 11.6 Å². The van der Waals surface area contributed by atoms with Crippen LogP contribution in [-0.2, 0) is 4.79 Å². The van der Waals surface area contributed by atoms with E-state index in [1.807, 2.05) is 4.90 Å². The molecular formula is C19H21ClFN4O3+. The molecule has 148 valence electrons. The van der Waals surface area contributed by atoms with Crippen molar-refractivity contribution in [3.05, 3.63) is 63.4 Å². The summed E-state index contributed by atoms with van der Waals surface area (Å²) in [5.41, 5.74) is 0.660. The van der Waals surface area contributed by atoms with Gasteiger partial charge in [-0.3, -0.25) is 14.9 Å². The number of anilines is 2. The number of para-hydroxylation sites is 1. The standard InChI is InChI=1S/C19H20ClFN4O3/c1-13(19(26)22-16-5-3-2-4-15(16)21)23-8-10-24(11-9-23)17-7-6-14(20)12-18(17)25(27)28/h2-7,12-13H,8-11H2,1H3,(H,22,26)/p+1/t13-/m0/s1. The van der Waals surface area contributed by atoms with Crippen molar-refractivity contribution >= 4 is 34.6 Å². The number of nitro groups is 1. The van der Waals surface area contributed by atoms with Crippen molar-refractivity contribution in [2.75, 3.05) is 36.4 Å². The molecule has 0 radical (unpaired) electrons. The number of rotatable bonds is 5. The average molecular weight is 408 g/mol. The number of amides is 1. The Hall–Kier alpha value is -2.71. The third-order valence-electron chi connectivity index (χ3n) is 5.02. The van der Waals surface area contributed by atoms with Gasteiger partial charge in [-0.25, -0.2) is 4.39 Å². The minimum Gasteiger partial charge on any atom is -0.355 e. The van der Waals surface area contributed by atoms with Gasteiger partial charge in [-0.1, -0.05) is 23.7 Å². The number of nitrogens with one attached hydrogen (secondary N) is 2. The summed E-state index contributed by atoms with van der Waals surface area (Å²) in [6.45, 7) is 4.19. The van der Waals surface area contributed by atoms with E-state index < -0.39 is 10.7 Å². The highest BCUT2D eigenvalue weighted by molar-refractivity contribution is 6.30. The third-order valence-corrected chi connectivity index (χ3v) is 5.25. The zero-order chi connectivity index (χ0) is 20.3. The van der Waals surface area contributed by atoms with E-state index >= 15 is 0 Å². The molecule has 1 atom stereocenters. The number of halogens is 2. The number of piperazine rings is 1. The van der Waals surface area contributed by atoms with Crippen LogP contribution in [0.1, 0.15) is 6.92 Å². The zero-order valence-corrected chi connectivity index (χ0v) is 16.1.